The number of allylic oxidation sites excluding steroid dienone is 12. The molecule has 0 aliphatic rings. The molecule has 0 aromatic heterocycles. The van der Waals surface area contributed by atoms with Crippen LogP contribution in [-0.4, -0.2) is 37.2 Å². The average Bonchev–Trinajstić information content (AvgIpc) is 3.47. The van der Waals surface area contributed by atoms with Gasteiger partial charge in [-0.05, 0) is 109 Å². The van der Waals surface area contributed by atoms with Gasteiger partial charge in [-0.3, -0.25) is 14.4 Å². The molecule has 0 aliphatic heterocycles. The van der Waals surface area contributed by atoms with Crippen LogP contribution in [0, 0.1) is 0 Å². The number of esters is 3. The van der Waals surface area contributed by atoms with Crippen LogP contribution in [0.4, 0.5) is 0 Å². The van der Waals surface area contributed by atoms with Gasteiger partial charge in [0.05, 0.1) is 0 Å². The summed E-state index contributed by atoms with van der Waals surface area (Å²) < 4.78 is 16.9. The minimum Gasteiger partial charge on any atom is -0.462 e. The summed E-state index contributed by atoms with van der Waals surface area (Å²) in [5.74, 6) is -0.925. The lowest BCUT2D eigenvalue weighted by Crippen LogP contribution is -2.30. The van der Waals surface area contributed by atoms with Gasteiger partial charge in [-0.1, -0.05) is 312 Å². The van der Waals surface area contributed by atoms with E-state index in [-0.39, 0.29) is 37.5 Å². The van der Waals surface area contributed by atoms with Gasteiger partial charge in [-0.15, -0.1) is 0 Å². The molecule has 0 amide bonds. The zero-order valence-electron chi connectivity index (χ0n) is 54.1. The monoisotopic (exact) mass is 1130 g/mol. The largest absolute Gasteiger partial charge is 0.462 e. The zero-order valence-corrected chi connectivity index (χ0v) is 54.1. The number of unbranched alkanes of at least 4 members (excludes halogenated alkanes) is 42. The van der Waals surface area contributed by atoms with E-state index in [9.17, 15) is 14.4 Å². The number of hydrogen-bond acceptors (Lipinski definition) is 6. The molecule has 81 heavy (non-hydrogen) atoms. The fraction of sp³-hybridized carbons (Fsp3) is 0.800. The first-order valence-corrected chi connectivity index (χ1v) is 35.4. The van der Waals surface area contributed by atoms with Crippen molar-refractivity contribution < 1.29 is 28.6 Å². The van der Waals surface area contributed by atoms with E-state index in [0.29, 0.717) is 19.3 Å². The summed E-state index contributed by atoms with van der Waals surface area (Å²) in [5, 5.41) is 0. The van der Waals surface area contributed by atoms with Crippen LogP contribution in [0.2, 0.25) is 0 Å². The molecule has 0 rings (SSSR count). The van der Waals surface area contributed by atoms with Crippen molar-refractivity contribution in [3.8, 4) is 0 Å². The Morgan fingerprint density at radius 1 is 0.259 bits per heavy atom. The highest BCUT2D eigenvalue weighted by atomic mass is 16.6. The molecule has 0 N–H and O–H groups in total. The van der Waals surface area contributed by atoms with Crippen LogP contribution in [0.3, 0.4) is 0 Å². The Bertz CT molecular complexity index is 1490. The zero-order chi connectivity index (χ0) is 58.5. The molecule has 470 valence electrons. The van der Waals surface area contributed by atoms with E-state index in [4.69, 9.17) is 14.2 Å². The smallest absolute Gasteiger partial charge is 0.306 e. The lowest BCUT2D eigenvalue weighted by molar-refractivity contribution is -0.167. The van der Waals surface area contributed by atoms with Crippen molar-refractivity contribution in [2.45, 2.75) is 374 Å². The van der Waals surface area contributed by atoms with Gasteiger partial charge < -0.3 is 14.2 Å². The van der Waals surface area contributed by atoms with Gasteiger partial charge in [-0.25, -0.2) is 0 Å². The van der Waals surface area contributed by atoms with E-state index >= 15 is 0 Å². The summed E-state index contributed by atoms with van der Waals surface area (Å²) in [5.41, 5.74) is 0. The van der Waals surface area contributed by atoms with E-state index in [1.165, 1.54) is 238 Å². The first kappa shape index (κ1) is 77.9. The Morgan fingerprint density at radius 2 is 0.481 bits per heavy atom. The van der Waals surface area contributed by atoms with Crippen molar-refractivity contribution in [1.82, 2.24) is 0 Å². The van der Waals surface area contributed by atoms with Gasteiger partial charge in [0.25, 0.3) is 0 Å². The van der Waals surface area contributed by atoms with Gasteiger partial charge in [0.1, 0.15) is 13.2 Å². The van der Waals surface area contributed by atoms with Crippen molar-refractivity contribution in [2.75, 3.05) is 13.2 Å². The fourth-order valence-electron chi connectivity index (χ4n) is 10.4. The van der Waals surface area contributed by atoms with Crippen molar-refractivity contribution in [1.29, 1.82) is 0 Å². The molecule has 6 heteroatoms. The van der Waals surface area contributed by atoms with E-state index < -0.39 is 6.10 Å². The Hall–Kier alpha value is -3.15. The van der Waals surface area contributed by atoms with Crippen LogP contribution >= 0.6 is 0 Å². The predicted molar refractivity (Wildman–Crippen MR) is 353 cm³/mol. The van der Waals surface area contributed by atoms with Crippen LogP contribution in [0.1, 0.15) is 367 Å². The van der Waals surface area contributed by atoms with E-state index in [1.807, 2.05) is 0 Å². The summed E-state index contributed by atoms with van der Waals surface area (Å²) in [4.78, 5) is 38.3. The fourth-order valence-corrected chi connectivity index (χ4v) is 10.4. The minimum atomic E-state index is -0.800. The molecule has 0 aromatic rings. The highest BCUT2D eigenvalue weighted by Crippen LogP contribution is 2.18. The third kappa shape index (κ3) is 67.5. The number of carbonyl (C=O) groups is 3. The number of ether oxygens (including phenoxy) is 3. The summed E-state index contributed by atoms with van der Waals surface area (Å²) in [7, 11) is 0. The van der Waals surface area contributed by atoms with E-state index in [2.05, 4.69) is 93.7 Å². The second-order valence-electron chi connectivity index (χ2n) is 23.8. The Kier molecular flexibility index (Phi) is 66.6. The Labute approximate surface area is 503 Å². The second kappa shape index (κ2) is 69.3. The first-order valence-electron chi connectivity index (χ1n) is 35.4. The molecule has 0 aromatic carbocycles. The van der Waals surface area contributed by atoms with E-state index in [0.717, 1.165) is 83.5 Å². The molecular formula is C75H134O6. The normalized spacial score (nSPS) is 12.5. The molecule has 1 unspecified atom stereocenters. The lowest BCUT2D eigenvalue weighted by Gasteiger charge is -2.18. The van der Waals surface area contributed by atoms with Crippen molar-refractivity contribution in [2.24, 2.45) is 0 Å². The van der Waals surface area contributed by atoms with Crippen LogP contribution in [0.5, 0.6) is 0 Å². The molecule has 0 saturated heterocycles. The molecule has 0 heterocycles. The third-order valence-corrected chi connectivity index (χ3v) is 15.7. The maximum Gasteiger partial charge on any atom is 0.306 e. The topological polar surface area (TPSA) is 78.9 Å². The number of carbonyl (C=O) groups excluding carboxylic acids is 3. The summed E-state index contributed by atoms with van der Waals surface area (Å²) in [6, 6.07) is 0. The van der Waals surface area contributed by atoms with Gasteiger partial charge in [0.2, 0.25) is 0 Å². The van der Waals surface area contributed by atoms with Crippen molar-refractivity contribution in [3.05, 3.63) is 72.9 Å². The standard InChI is InChI=1S/C75H134O6/c1-4-7-10-13-16-19-22-25-28-29-30-31-32-33-34-35-36-37-38-39-40-41-42-43-44-45-48-50-53-56-59-62-65-68-74(77)80-71-72(81-75(78)69-66-63-60-57-54-51-47-27-24-21-18-15-12-9-6-3)70-79-73(76)67-64-61-58-55-52-49-46-26-23-20-17-14-11-8-5-2/h9,12,18,21,26-27,29-30,46-47,54,57,72H,4-8,10-11,13-17,19-20,22-25,28,31-45,48-53,55-56,58-71H2,1-3H3/b12-9-,21-18-,30-29-,46-26-,47-27-,57-54-. The molecule has 0 spiro atoms. The summed E-state index contributed by atoms with van der Waals surface area (Å²) >= 11 is 0. The van der Waals surface area contributed by atoms with E-state index in [1.54, 1.807) is 0 Å². The van der Waals surface area contributed by atoms with Crippen LogP contribution < -0.4 is 0 Å². The molecule has 0 saturated carbocycles. The lowest BCUT2D eigenvalue weighted by atomic mass is 10.0. The van der Waals surface area contributed by atoms with Gasteiger partial charge in [0, 0.05) is 19.3 Å². The highest BCUT2D eigenvalue weighted by Gasteiger charge is 2.19. The van der Waals surface area contributed by atoms with Gasteiger partial charge >= 0.3 is 17.9 Å². The van der Waals surface area contributed by atoms with Crippen LogP contribution in [0.25, 0.3) is 0 Å². The van der Waals surface area contributed by atoms with Crippen molar-refractivity contribution >= 4 is 17.9 Å². The quantitative estimate of drug-likeness (QED) is 0.0261. The minimum absolute atomic E-state index is 0.0917. The Balaban J connectivity index is 4.16. The molecular weight excluding hydrogens is 997 g/mol. The van der Waals surface area contributed by atoms with Crippen LogP contribution in [0.15, 0.2) is 72.9 Å². The summed E-state index contributed by atoms with van der Waals surface area (Å²) in [6.07, 6.45) is 91.0. The number of hydrogen-bond donors (Lipinski definition) is 0. The Morgan fingerprint density at radius 3 is 0.790 bits per heavy atom. The average molecular weight is 1130 g/mol. The molecule has 0 bridgehead atoms. The highest BCUT2D eigenvalue weighted by molar-refractivity contribution is 5.71. The second-order valence-corrected chi connectivity index (χ2v) is 23.8. The molecule has 1 atom stereocenters. The predicted octanol–water partition coefficient (Wildman–Crippen LogP) is 24.4. The van der Waals surface area contributed by atoms with Gasteiger partial charge in [0.15, 0.2) is 6.10 Å². The number of rotatable bonds is 65. The first-order chi connectivity index (χ1) is 40.0. The molecule has 6 nitrogen and oxygen atoms in total. The maximum atomic E-state index is 12.9. The molecule has 0 fully saturated rings. The summed E-state index contributed by atoms with van der Waals surface area (Å²) in [6.45, 7) is 6.52. The van der Waals surface area contributed by atoms with Gasteiger partial charge in [-0.2, -0.15) is 0 Å². The van der Waals surface area contributed by atoms with Crippen molar-refractivity contribution in [3.63, 3.8) is 0 Å². The van der Waals surface area contributed by atoms with Crippen LogP contribution in [-0.2, 0) is 28.6 Å². The maximum absolute atomic E-state index is 12.9. The molecule has 0 radical (unpaired) electrons. The third-order valence-electron chi connectivity index (χ3n) is 15.7. The SMILES string of the molecule is CC/C=C\C/C=C\C/C=C\C/C=C\CCCCC(=O)OC(COC(=O)CCCCCCC/C=C\CCCCCCCC)COC(=O)CCCCCCCCCCCCCCCCCCCCCCC/C=C\CCCCCCCCCC. The molecule has 0 aliphatic carbocycles.